The van der Waals surface area contributed by atoms with Gasteiger partial charge in [0.1, 0.15) is 17.8 Å². The summed E-state index contributed by atoms with van der Waals surface area (Å²) in [6.45, 7) is 0. The SMILES string of the molecule is COc1ccc(O)c([C@H]2N[C@@H](C=O)Cc3c2[nH]c2ccccc32)c1. The summed E-state index contributed by atoms with van der Waals surface area (Å²) in [6.07, 6.45) is 1.55. The molecular weight excluding hydrogens is 304 g/mol. The average molecular weight is 322 g/mol. The third kappa shape index (κ3) is 2.25. The highest BCUT2D eigenvalue weighted by Gasteiger charge is 2.31. The molecule has 1 aliphatic rings. The molecule has 2 aromatic carbocycles. The molecule has 4 rings (SSSR count). The largest absolute Gasteiger partial charge is 0.508 e. The van der Waals surface area contributed by atoms with Gasteiger partial charge < -0.3 is 19.6 Å². The summed E-state index contributed by atoms with van der Waals surface area (Å²) in [4.78, 5) is 14.9. The highest BCUT2D eigenvalue weighted by Crippen LogP contribution is 2.38. The second-order valence-corrected chi connectivity index (χ2v) is 6.03. The number of para-hydroxylation sites is 1. The van der Waals surface area contributed by atoms with E-state index in [2.05, 4.69) is 16.4 Å². The summed E-state index contributed by atoms with van der Waals surface area (Å²) in [5.41, 5.74) is 3.82. The lowest BCUT2D eigenvalue weighted by Gasteiger charge is -2.29. The summed E-state index contributed by atoms with van der Waals surface area (Å²) in [6, 6.07) is 12.6. The van der Waals surface area contributed by atoms with Gasteiger partial charge in [-0.05, 0) is 36.2 Å². The Bertz CT molecular complexity index is 916. The van der Waals surface area contributed by atoms with Crippen LogP contribution in [0.3, 0.4) is 0 Å². The lowest BCUT2D eigenvalue weighted by atomic mass is 9.90. The first-order valence-corrected chi connectivity index (χ1v) is 7.89. The van der Waals surface area contributed by atoms with E-state index < -0.39 is 0 Å². The van der Waals surface area contributed by atoms with Crippen LogP contribution in [0, 0.1) is 0 Å². The first-order valence-electron chi connectivity index (χ1n) is 7.89. The molecule has 0 bridgehead atoms. The summed E-state index contributed by atoms with van der Waals surface area (Å²) in [7, 11) is 1.59. The summed E-state index contributed by atoms with van der Waals surface area (Å²) < 4.78 is 5.28. The van der Waals surface area contributed by atoms with E-state index in [9.17, 15) is 9.90 Å². The Morgan fingerprint density at radius 1 is 1.25 bits per heavy atom. The Balaban J connectivity index is 1.92. The minimum absolute atomic E-state index is 0.171. The second-order valence-electron chi connectivity index (χ2n) is 6.03. The van der Waals surface area contributed by atoms with Crippen LogP contribution < -0.4 is 10.1 Å². The number of benzene rings is 2. The van der Waals surface area contributed by atoms with Gasteiger partial charge in [-0.2, -0.15) is 0 Å². The van der Waals surface area contributed by atoms with Crippen LogP contribution in [0.5, 0.6) is 11.5 Å². The smallest absolute Gasteiger partial charge is 0.137 e. The van der Waals surface area contributed by atoms with Crippen molar-refractivity contribution in [2.75, 3.05) is 7.11 Å². The minimum atomic E-state index is -0.300. The predicted molar refractivity (Wildman–Crippen MR) is 91.5 cm³/mol. The van der Waals surface area contributed by atoms with Crippen molar-refractivity contribution in [3.05, 3.63) is 59.3 Å². The van der Waals surface area contributed by atoms with Crippen LogP contribution in [0.15, 0.2) is 42.5 Å². The molecule has 1 aliphatic heterocycles. The summed E-state index contributed by atoms with van der Waals surface area (Å²) in [5, 5.41) is 14.8. The standard InChI is InChI=1S/C19H18N2O3/c1-24-12-6-7-17(23)15(9-12)19-18-14(8-11(10-22)20-19)13-4-2-3-5-16(13)21-18/h2-7,9-11,19-21,23H,8H2,1H3/t11-,19-/m1/s1. The van der Waals surface area contributed by atoms with Gasteiger partial charge >= 0.3 is 0 Å². The predicted octanol–water partition coefficient (Wildman–Crippen LogP) is 2.68. The van der Waals surface area contributed by atoms with Crippen LogP contribution in [0.25, 0.3) is 10.9 Å². The molecule has 24 heavy (non-hydrogen) atoms. The Morgan fingerprint density at radius 2 is 2.08 bits per heavy atom. The number of H-pyrrole nitrogens is 1. The number of hydrogen-bond acceptors (Lipinski definition) is 4. The lowest BCUT2D eigenvalue weighted by molar-refractivity contribution is -0.109. The number of fused-ring (bicyclic) bond motifs is 3. The number of aldehydes is 1. The molecule has 5 heteroatoms. The molecule has 0 fully saturated rings. The number of phenols is 1. The van der Waals surface area contributed by atoms with Crippen molar-refractivity contribution in [3.8, 4) is 11.5 Å². The van der Waals surface area contributed by atoms with Gasteiger partial charge in [0.2, 0.25) is 0 Å². The first kappa shape index (κ1) is 14.8. The van der Waals surface area contributed by atoms with Crippen LogP contribution in [-0.2, 0) is 11.2 Å². The number of nitrogens with one attached hydrogen (secondary N) is 2. The summed E-state index contributed by atoms with van der Waals surface area (Å²) >= 11 is 0. The molecule has 3 N–H and O–H groups in total. The van der Waals surface area contributed by atoms with E-state index in [1.165, 1.54) is 0 Å². The van der Waals surface area contributed by atoms with Crippen molar-refractivity contribution in [1.29, 1.82) is 0 Å². The van der Waals surface area contributed by atoms with E-state index in [1.54, 1.807) is 25.3 Å². The number of carbonyl (C=O) groups is 1. The number of aromatic hydroxyl groups is 1. The number of carbonyl (C=O) groups excluding carboxylic acids is 1. The fraction of sp³-hybridized carbons (Fsp3) is 0.211. The van der Waals surface area contributed by atoms with Gasteiger partial charge in [0.05, 0.1) is 19.2 Å². The van der Waals surface area contributed by atoms with Crippen molar-refractivity contribution in [2.45, 2.75) is 18.5 Å². The van der Waals surface area contributed by atoms with Gasteiger partial charge in [-0.15, -0.1) is 0 Å². The van der Waals surface area contributed by atoms with Gasteiger partial charge in [-0.3, -0.25) is 5.32 Å². The maximum absolute atomic E-state index is 11.5. The van der Waals surface area contributed by atoms with Crippen LogP contribution in [0.2, 0.25) is 0 Å². The molecule has 5 nitrogen and oxygen atoms in total. The maximum Gasteiger partial charge on any atom is 0.137 e. The van der Waals surface area contributed by atoms with E-state index in [0.717, 1.165) is 28.4 Å². The molecule has 0 amide bonds. The quantitative estimate of drug-likeness (QED) is 0.648. The van der Waals surface area contributed by atoms with Crippen LogP contribution in [0.1, 0.15) is 22.9 Å². The number of aromatic nitrogens is 1. The number of ether oxygens (including phenoxy) is 1. The Hall–Kier alpha value is -2.79. The fourth-order valence-corrected chi connectivity index (χ4v) is 3.49. The van der Waals surface area contributed by atoms with E-state index in [0.29, 0.717) is 17.7 Å². The zero-order valence-corrected chi connectivity index (χ0v) is 13.2. The number of rotatable bonds is 3. The van der Waals surface area contributed by atoms with E-state index in [-0.39, 0.29) is 17.8 Å². The molecule has 3 aromatic rings. The van der Waals surface area contributed by atoms with Crippen LogP contribution in [-0.4, -0.2) is 29.5 Å². The maximum atomic E-state index is 11.5. The highest BCUT2D eigenvalue weighted by atomic mass is 16.5. The number of phenolic OH excluding ortho intramolecular Hbond substituents is 1. The van der Waals surface area contributed by atoms with Gasteiger partial charge in [-0.1, -0.05) is 18.2 Å². The minimum Gasteiger partial charge on any atom is -0.508 e. The number of hydrogen-bond donors (Lipinski definition) is 3. The topological polar surface area (TPSA) is 74.3 Å². The Kier molecular flexibility index (Phi) is 3.50. The third-order valence-electron chi connectivity index (χ3n) is 4.65. The third-order valence-corrected chi connectivity index (χ3v) is 4.65. The Morgan fingerprint density at radius 3 is 2.88 bits per heavy atom. The molecular formula is C19H18N2O3. The van der Waals surface area contributed by atoms with Crippen molar-refractivity contribution in [2.24, 2.45) is 0 Å². The molecule has 2 atom stereocenters. The lowest BCUT2D eigenvalue weighted by Crippen LogP contribution is -2.40. The molecule has 0 radical (unpaired) electrons. The number of aromatic amines is 1. The van der Waals surface area contributed by atoms with Gasteiger partial charge in [0.15, 0.2) is 0 Å². The fourth-order valence-electron chi connectivity index (χ4n) is 3.49. The van der Waals surface area contributed by atoms with Crippen LogP contribution in [0.4, 0.5) is 0 Å². The first-order chi connectivity index (χ1) is 11.7. The number of methoxy groups -OCH3 is 1. The second kappa shape index (κ2) is 5.69. The van der Waals surface area contributed by atoms with Crippen molar-refractivity contribution < 1.29 is 14.6 Å². The van der Waals surface area contributed by atoms with Crippen LogP contribution >= 0.6 is 0 Å². The van der Waals surface area contributed by atoms with Gasteiger partial charge in [0.25, 0.3) is 0 Å². The van der Waals surface area contributed by atoms with E-state index in [1.807, 2.05) is 18.2 Å². The van der Waals surface area contributed by atoms with Crippen molar-refractivity contribution in [3.63, 3.8) is 0 Å². The Labute approximate surface area is 139 Å². The van der Waals surface area contributed by atoms with Gasteiger partial charge in [0, 0.05) is 22.2 Å². The average Bonchev–Trinajstić information content (AvgIpc) is 3.00. The molecule has 0 spiro atoms. The normalized spacial score (nSPS) is 19.9. The van der Waals surface area contributed by atoms with Crippen molar-refractivity contribution >= 4 is 17.2 Å². The molecule has 2 heterocycles. The summed E-state index contributed by atoms with van der Waals surface area (Å²) in [5.74, 6) is 0.833. The molecule has 0 saturated carbocycles. The zero-order chi connectivity index (χ0) is 16.7. The van der Waals surface area contributed by atoms with E-state index in [4.69, 9.17) is 4.74 Å². The molecule has 0 aliphatic carbocycles. The zero-order valence-electron chi connectivity index (χ0n) is 13.2. The highest BCUT2D eigenvalue weighted by molar-refractivity contribution is 5.86. The van der Waals surface area contributed by atoms with Crippen molar-refractivity contribution in [1.82, 2.24) is 10.3 Å². The molecule has 122 valence electrons. The monoisotopic (exact) mass is 322 g/mol. The molecule has 1 aromatic heterocycles. The van der Waals surface area contributed by atoms with Gasteiger partial charge in [-0.25, -0.2) is 0 Å². The molecule has 0 unspecified atom stereocenters. The van der Waals surface area contributed by atoms with E-state index >= 15 is 0 Å². The molecule has 0 saturated heterocycles.